The Morgan fingerprint density at radius 2 is 1.97 bits per heavy atom. The summed E-state index contributed by atoms with van der Waals surface area (Å²) in [6.07, 6.45) is 3.25. The van der Waals surface area contributed by atoms with Crippen LogP contribution in [0.4, 0.5) is 0 Å². The molecule has 186 valence electrons. The Hall–Kier alpha value is -2.59. The SMILES string of the molecule is C[C@@H]1[C@@H]2[C@@H](O)[C@H]([C@H](C)C(=O)N(C)CCC#N)CC[C@]2(C)CC[C@@H]1NC(=O)COc1ccccc1. The first-order chi connectivity index (χ1) is 16.2. The summed E-state index contributed by atoms with van der Waals surface area (Å²) in [4.78, 5) is 27.2. The number of rotatable bonds is 8. The lowest BCUT2D eigenvalue weighted by molar-refractivity contribution is -0.150. The lowest BCUT2D eigenvalue weighted by atomic mass is 9.51. The molecule has 2 amide bonds. The minimum Gasteiger partial charge on any atom is -0.484 e. The molecule has 7 heteroatoms. The molecule has 2 saturated carbocycles. The second kappa shape index (κ2) is 11.2. The first-order valence-corrected chi connectivity index (χ1v) is 12.4. The van der Waals surface area contributed by atoms with E-state index >= 15 is 0 Å². The van der Waals surface area contributed by atoms with Crippen LogP contribution in [0.5, 0.6) is 5.75 Å². The van der Waals surface area contributed by atoms with E-state index in [1.54, 1.807) is 11.9 Å². The van der Waals surface area contributed by atoms with E-state index in [1.807, 2.05) is 37.3 Å². The average Bonchev–Trinajstić information content (AvgIpc) is 2.83. The predicted octanol–water partition coefficient (Wildman–Crippen LogP) is 3.38. The number of nitrogens with zero attached hydrogens (tertiary/aromatic N) is 2. The van der Waals surface area contributed by atoms with Crippen LogP contribution < -0.4 is 10.1 Å². The number of amides is 2. The minimum atomic E-state index is -0.614. The quantitative estimate of drug-likeness (QED) is 0.608. The van der Waals surface area contributed by atoms with E-state index in [4.69, 9.17) is 10.00 Å². The van der Waals surface area contributed by atoms with Crippen molar-refractivity contribution < 1.29 is 19.4 Å². The Bertz CT molecular complexity index is 886. The molecule has 0 aromatic heterocycles. The minimum absolute atomic E-state index is 0.00000584. The molecule has 2 fully saturated rings. The Morgan fingerprint density at radius 1 is 1.29 bits per heavy atom. The van der Waals surface area contributed by atoms with Crippen LogP contribution in [0.15, 0.2) is 30.3 Å². The molecule has 7 atom stereocenters. The third-order valence-corrected chi connectivity index (χ3v) is 8.31. The molecule has 1 aromatic carbocycles. The highest BCUT2D eigenvalue weighted by Gasteiger charge is 2.54. The number of carbonyl (C=O) groups excluding carboxylic acids is 2. The summed E-state index contributed by atoms with van der Waals surface area (Å²) < 4.78 is 5.59. The molecule has 0 heterocycles. The van der Waals surface area contributed by atoms with Crippen molar-refractivity contribution in [1.29, 1.82) is 5.26 Å². The van der Waals surface area contributed by atoms with E-state index in [9.17, 15) is 14.7 Å². The zero-order valence-electron chi connectivity index (χ0n) is 20.9. The van der Waals surface area contributed by atoms with Crippen molar-refractivity contribution in [3.8, 4) is 11.8 Å². The first kappa shape index (κ1) is 26.0. The largest absolute Gasteiger partial charge is 0.484 e. The number of nitriles is 1. The first-order valence-electron chi connectivity index (χ1n) is 12.4. The summed E-state index contributed by atoms with van der Waals surface area (Å²) in [5.41, 5.74) is -0.00736. The summed E-state index contributed by atoms with van der Waals surface area (Å²) in [7, 11) is 1.72. The zero-order valence-corrected chi connectivity index (χ0v) is 20.9. The van der Waals surface area contributed by atoms with Crippen molar-refractivity contribution in [2.24, 2.45) is 29.1 Å². The van der Waals surface area contributed by atoms with Crippen LogP contribution in [-0.4, -0.2) is 54.2 Å². The maximum Gasteiger partial charge on any atom is 0.258 e. The highest BCUT2D eigenvalue weighted by Crippen LogP contribution is 2.55. The molecule has 34 heavy (non-hydrogen) atoms. The number of aliphatic hydroxyl groups is 1. The fraction of sp³-hybridized carbons (Fsp3) is 0.667. The van der Waals surface area contributed by atoms with Gasteiger partial charge in [0.25, 0.3) is 5.91 Å². The monoisotopic (exact) mass is 469 g/mol. The Labute approximate surface area is 203 Å². The topological polar surface area (TPSA) is 103 Å². The third-order valence-electron chi connectivity index (χ3n) is 8.31. The molecule has 0 radical (unpaired) electrons. The highest BCUT2D eigenvalue weighted by atomic mass is 16.5. The van der Waals surface area contributed by atoms with Crippen LogP contribution in [0.3, 0.4) is 0 Å². The van der Waals surface area contributed by atoms with Gasteiger partial charge in [-0.05, 0) is 61.0 Å². The number of nitrogens with one attached hydrogen (secondary N) is 1. The van der Waals surface area contributed by atoms with E-state index in [0.717, 1.165) is 25.7 Å². The summed E-state index contributed by atoms with van der Waals surface area (Å²) in [6, 6.07) is 11.3. The molecule has 0 saturated heterocycles. The van der Waals surface area contributed by atoms with Gasteiger partial charge in [-0.2, -0.15) is 5.26 Å². The van der Waals surface area contributed by atoms with Crippen LogP contribution in [0.1, 0.15) is 52.9 Å². The van der Waals surface area contributed by atoms with Crippen molar-refractivity contribution >= 4 is 11.8 Å². The number of carbonyl (C=O) groups is 2. The van der Waals surface area contributed by atoms with Crippen molar-refractivity contribution in [1.82, 2.24) is 10.2 Å². The van der Waals surface area contributed by atoms with Gasteiger partial charge in [0.2, 0.25) is 5.91 Å². The van der Waals surface area contributed by atoms with Gasteiger partial charge in [-0.15, -0.1) is 0 Å². The van der Waals surface area contributed by atoms with E-state index in [-0.39, 0.29) is 53.5 Å². The van der Waals surface area contributed by atoms with Gasteiger partial charge < -0.3 is 20.1 Å². The second-order valence-electron chi connectivity index (χ2n) is 10.5. The van der Waals surface area contributed by atoms with E-state index in [1.165, 1.54) is 0 Å². The number of fused-ring (bicyclic) bond motifs is 1. The summed E-state index contributed by atoms with van der Waals surface area (Å²) in [5, 5.41) is 23.5. The van der Waals surface area contributed by atoms with Gasteiger partial charge in [0.1, 0.15) is 5.75 Å². The summed E-state index contributed by atoms with van der Waals surface area (Å²) in [6.45, 7) is 6.62. The number of hydrogen-bond donors (Lipinski definition) is 2. The second-order valence-corrected chi connectivity index (χ2v) is 10.5. The Morgan fingerprint density at radius 3 is 2.65 bits per heavy atom. The number of hydrogen-bond acceptors (Lipinski definition) is 5. The molecule has 7 nitrogen and oxygen atoms in total. The van der Waals surface area contributed by atoms with E-state index in [0.29, 0.717) is 18.7 Å². The molecule has 0 unspecified atom stereocenters. The summed E-state index contributed by atoms with van der Waals surface area (Å²) in [5.74, 6) is 0.114. The van der Waals surface area contributed by atoms with Crippen LogP contribution in [0.25, 0.3) is 0 Å². The molecular weight excluding hydrogens is 430 g/mol. The Kier molecular flexibility index (Phi) is 8.59. The maximum absolute atomic E-state index is 12.9. The predicted molar refractivity (Wildman–Crippen MR) is 130 cm³/mol. The third kappa shape index (κ3) is 5.72. The zero-order chi connectivity index (χ0) is 24.9. The maximum atomic E-state index is 12.9. The molecule has 2 aliphatic carbocycles. The number of ether oxygens (including phenoxy) is 1. The van der Waals surface area contributed by atoms with Crippen molar-refractivity contribution in [2.45, 2.75) is 65.0 Å². The van der Waals surface area contributed by atoms with Gasteiger partial charge in [0.05, 0.1) is 18.6 Å². The van der Waals surface area contributed by atoms with Gasteiger partial charge in [-0.25, -0.2) is 0 Å². The van der Waals surface area contributed by atoms with Crippen LogP contribution >= 0.6 is 0 Å². The average molecular weight is 470 g/mol. The van der Waals surface area contributed by atoms with Gasteiger partial charge in [0, 0.05) is 25.6 Å². The molecule has 0 bridgehead atoms. The standard InChI is InChI=1S/C27H39N3O4/c1-18(26(33)30(4)16-8-15-28)21-11-13-27(3)14-12-22(19(2)24(27)25(21)32)29-23(31)17-34-20-9-6-5-7-10-20/h5-7,9-10,18-19,21-22,24-25,32H,8,11-14,16-17H2,1-4H3,(H,29,31)/t18-,19-,21-,22-,24+,25-,27+/m0/s1. The molecular formula is C27H39N3O4. The number of para-hydroxylation sites is 1. The molecule has 0 spiro atoms. The Balaban J connectivity index is 1.64. The number of benzene rings is 1. The van der Waals surface area contributed by atoms with E-state index < -0.39 is 6.10 Å². The van der Waals surface area contributed by atoms with E-state index in [2.05, 4.69) is 25.2 Å². The normalized spacial score (nSPS) is 31.5. The highest BCUT2D eigenvalue weighted by molar-refractivity contribution is 5.79. The van der Waals surface area contributed by atoms with Gasteiger partial charge in [-0.3, -0.25) is 9.59 Å². The van der Waals surface area contributed by atoms with Crippen LogP contribution in [0.2, 0.25) is 0 Å². The fourth-order valence-corrected chi connectivity index (χ4v) is 6.27. The molecule has 3 rings (SSSR count). The van der Waals surface area contributed by atoms with Crippen LogP contribution in [0, 0.1) is 40.4 Å². The smallest absolute Gasteiger partial charge is 0.258 e. The fourth-order valence-electron chi connectivity index (χ4n) is 6.27. The number of aliphatic hydroxyl groups excluding tert-OH is 1. The molecule has 2 aliphatic rings. The molecule has 2 N–H and O–H groups in total. The molecule has 1 aromatic rings. The van der Waals surface area contributed by atoms with Crippen molar-refractivity contribution in [2.75, 3.05) is 20.2 Å². The van der Waals surface area contributed by atoms with Gasteiger partial charge in [0.15, 0.2) is 6.61 Å². The van der Waals surface area contributed by atoms with Crippen LogP contribution in [-0.2, 0) is 9.59 Å². The van der Waals surface area contributed by atoms with Crippen molar-refractivity contribution in [3.05, 3.63) is 30.3 Å². The van der Waals surface area contributed by atoms with Crippen molar-refractivity contribution in [3.63, 3.8) is 0 Å². The lowest BCUT2D eigenvalue weighted by Crippen LogP contribution is -2.59. The van der Waals surface area contributed by atoms with Gasteiger partial charge in [-0.1, -0.05) is 39.0 Å². The molecule has 0 aliphatic heterocycles. The lowest BCUT2D eigenvalue weighted by Gasteiger charge is -2.56. The summed E-state index contributed by atoms with van der Waals surface area (Å²) >= 11 is 0. The van der Waals surface area contributed by atoms with Gasteiger partial charge >= 0.3 is 0 Å².